The molecule has 0 fully saturated rings. The van der Waals surface area contributed by atoms with Crippen LogP contribution in [0.3, 0.4) is 0 Å². The van der Waals surface area contributed by atoms with E-state index in [4.69, 9.17) is 0 Å². The summed E-state index contributed by atoms with van der Waals surface area (Å²) in [7, 11) is 0. The van der Waals surface area contributed by atoms with Gasteiger partial charge < -0.3 is 0 Å². The maximum atomic E-state index is 3.95. The molecule has 1 aromatic heterocycles. The van der Waals surface area contributed by atoms with E-state index in [1.165, 1.54) is 32.0 Å². The third kappa shape index (κ3) is 3.20. The van der Waals surface area contributed by atoms with Gasteiger partial charge in [-0.25, -0.2) is 0 Å². The zero-order valence-corrected chi connectivity index (χ0v) is 14.0. The van der Waals surface area contributed by atoms with Crippen LogP contribution < -0.4 is 0 Å². The van der Waals surface area contributed by atoms with Gasteiger partial charge in [0.25, 0.3) is 0 Å². The van der Waals surface area contributed by atoms with Crippen molar-refractivity contribution in [3.8, 4) is 20.9 Å². The van der Waals surface area contributed by atoms with Crippen molar-refractivity contribution < 1.29 is 0 Å². The van der Waals surface area contributed by atoms with Crippen LogP contribution in [-0.2, 0) is 12.8 Å². The molecular formula is C22H20S. The zero-order valence-electron chi connectivity index (χ0n) is 13.2. The van der Waals surface area contributed by atoms with Gasteiger partial charge in [0, 0.05) is 9.75 Å². The molecule has 0 bridgehead atoms. The molecule has 3 rings (SSSR count). The Kier molecular flexibility index (Phi) is 4.89. The van der Waals surface area contributed by atoms with Crippen LogP contribution in [0.2, 0.25) is 0 Å². The maximum Gasteiger partial charge on any atom is 0.0387 e. The van der Waals surface area contributed by atoms with E-state index < -0.39 is 0 Å². The predicted molar refractivity (Wildman–Crippen MR) is 103 cm³/mol. The minimum absolute atomic E-state index is 0.886. The molecular weight excluding hydrogens is 296 g/mol. The zero-order chi connectivity index (χ0) is 16.1. The normalized spacial score (nSPS) is 10.4. The van der Waals surface area contributed by atoms with Crippen molar-refractivity contribution in [1.82, 2.24) is 0 Å². The van der Waals surface area contributed by atoms with Crippen molar-refractivity contribution in [3.05, 3.63) is 97.1 Å². The van der Waals surface area contributed by atoms with Gasteiger partial charge >= 0.3 is 0 Å². The number of hydrogen-bond acceptors (Lipinski definition) is 1. The average Bonchev–Trinajstić information content (AvgIpc) is 2.96. The Labute approximate surface area is 142 Å². The molecule has 0 aliphatic carbocycles. The molecule has 0 nitrogen and oxygen atoms in total. The summed E-state index contributed by atoms with van der Waals surface area (Å²) >= 11 is 1.88. The highest BCUT2D eigenvalue weighted by molar-refractivity contribution is 7.19. The number of rotatable bonds is 6. The van der Waals surface area contributed by atoms with E-state index in [2.05, 4.69) is 73.8 Å². The Morgan fingerprint density at radius 2 is 1.04 bits per heavy atom. The molecule has 0 aliphatic rings. The molecule has 0 radical (unpaired) electrons. The monoisotopic (exact) mass is 316 g/mol. The first-order valence-corrected chi connectivity index (χ1v) is 8.64. The van der Waals surface area contributed by atoms with Gasteiger partial charge in [0.05, 0.1) is 0 Å². The van der Waals surface area contributed by atoms with Crippen molar-refractivity contribution in [1.29, 1.82) is 0 Å². The molecule has 0 N–H and O–H groups in total. The standard InChI is InChI=1S/C22H20S/c1-3-11-19-20(12-4-2)22(18-15-9-6-10-16-18)23-21(19)17-13-7-5-8-14-17/h3-10,13-16H,1-2,11-12H2. The van der Waals surface area contributed by atoms with Gasteiger partial charge in [0.15, 0.2) is 0 Å². The lowest BCUT2D eigenvalue weighted by atomic mass is 9.97. The molecule has 2 aromatic carbocycles. The third-order valence-electron chi connectivity index (χ3n) is 3.89. The Morgan fingerprint density at radius 3 is 1.39 bits per heavy atom. The smallest absolute Gasteiger partial charge is 0.0387 e. The summed E-state index contributed by atoms with van der Waals surface area (Å²) in [5, 5.41) is 0. The molecule has 1 heterocycles. The van der Waals surface area contributed by atoms with Crippen LogP contribution in [0.4, 0.5) is 0 Å². The molecule has 1 heteroatoms. The largest absolute Gasteiger partial charge is 0.135 e. The first-order chi connectivity index (χ1) is 11.3. The Balaban J connectivity index is 2.24. The molecule has 114 valence electrons. The molecule has 3 aromatic rings. The molecule has 0 unspecified atom stereocenters. The summed E-state index contributed by atoms with van der Waals surface area (Å²) in [6.45, 7) is 7.91. The van der Waals surface area contributed by atoms with Crippen molar-refractivity contribution in [2.24, 2.45) is 0 Å². The second kappa shape index (κ2) is 7.26. The molecule has 0 saturated carbocycles. The van der Waals surface area contributed by atoms with Gasteiger partial charge in [0.1, 0.15) is 0 Å². The molecule has 0 amide bonds. The second-order valence-corrected chi connectivity index (χ2v) is 6.46. The first-order valence-electron chi connectivity index (χ1n) is 7.82. The fourth-order valence-electron chi connectivity index (χ4n) is 2.87. The van der Waals surface area contributed by atoms with E-state index in [9.17, 15) is 0 Å². The van der Waals surface area contributed by atoms with Crippen LogP contribution >= 0.6 is 11.3 Å². The van der Waals surface area contributed by atoms with Gasteiger partial charge in [-0.15, -0.1) is 24.5 Å². The maximum absolute atomic E-state index is 3.95. The van der Waals surface area contributed by atoms with Crippen LogP contribution in [0, 0.1) is 0 Å². The average molecular weight is 316 g/mol. The second-order valence-electron chi connectivity index (χ2n) is 5.44. The first kappa shape index (κ1) is 15.5. The Bertz CT molecular complexity index is 727. The molecule has 0 aliphatic heterocycles. The van der Waals surface area contributed by atoms with Crippen LogP contribution in [0.1, 0.15) is 11.1 Å². The third-order valence-corrected chi connectivity index (χ3v) is 5.26. The van der Waals surface area contributed by atoms with E-state index in [0.29, 0.717) is 0 Å². The topological polar surface area (TPSA) is 0 Å². The highest BCUT2D eigenvalue weighted by Gasteiger charge is 2.18. The van der Waals surface area contributed by atoms with Crippen molar-refractivity contribution in [2.75, 3.05) is 0 Å². The summed E-state index contributed by atoms with van der Waals surface area (Å²) in [6.07, 6.45) is 5.76. The summed E-state index contributed by atoms with van der Waals surface area (Å²) < 4.78 is 0. The molecule has 0 spiro atoms. The fourth-order valence-corrected chi connectivity index (χ4v) is 4.24. The fraction of sp³-hybridized carbons (Fsp3) is 0.0909. The lowest BCUT2D eigenvalue weighted by Gasteiger charge is -2.06. The van der Waals surface area contributed by atoms with Crippen LogP contribution in [-0.4, -0.2) is 0 Å². The quantitative estimate of drug-likeness (QED) is 0.453. The van der Waals surface area contributed by atoms with Crippen molar-refractivity contribution in [3.63, 3.8) is 0 Å². The number of allylic oxidation sites excluding steroid dienone is 2. The lowest BCUT2D eigenvalue weighted by molar-refractivity contribution is 1.19. The summed E-state index contributed by atoms with van der Waals surface area (Å²) in [5.74, 6) is 0. The summed E-state index contributed by atoms with van der Waals surface area (Å²) in [6, 6.07) is 21.3. The Hall–Kier alpha value is -2.38. The minimum Gasteiger partial charge on any atom is -0.135 e. The van der Waals surface area contributed by atoms with Gasteiger partial charge in [-0.05, 0) is 35.1 Å². The minimum atomic E-state index is 0.886. The molecule has 23 heavy (non-hydrogen) atoms. The van der Waals surface area contributed by atoms with E-state index in [1.807, 2.05) is 23.5 Å². The van der Waals surface area contributed by atoms with Gasteiger partial charge in [-0.3, -0.25) is 0 Å². The Morgan fingerprint density at radius 1 is 0.652 bits per heavy atom. The van der Waals surface area contributed by atoms with E-state index >= 15 is 0 Å². The van der Waals surface area contributed by atoms with Crippen LogP contribution in [0.25, 0.3) is 20.9 Å². The predicted octanol–water partition coefficient (Wildman–Crippen LogP) is 6.54. The van der Waals surface area contributed by atoms with Gasteiger partial charge in [-0.2, -0.15) is 0 Å². The lowest BCUT2D eigenvalue weighted by Crippen LogP contribution is -1.91. The van der Waals surface area contributed by atoms with Gasteiger partial charge in [-0.1, -0.05) is 72.8 Å². The highest BCUT2D eigenvalue weighted by Crippen LogP contribution is 2.43. The van der Waals surface area contributed by atoms with E-state index in [-0.39, 0.29) is 0 Å². The number of hydrogen-bond donors (Lipinski definition) is 0. The van der Waals surface area contributed by atoms with Crippen molar-refractivity contribution in [2.45, 2.75) is 12.8 Å². The van der Waals surface area contributed by atoms with E-state index in [1.54, 1.807) is 0 Å². The SMILES string of the molecule is C=CCc1c(-c2ccccc2)sc(-c2ccccc2)c1CC=C. The van der Waals surface area contributed by atoms with Crippen LogP contribution in [0.5, 0.6) is 0 Å². The molecule has 0 atom stereocenters. The highest BCUT2D eigenvalue weighted by atomic mass is 32.1. The summed E-state index contributed by atoms with van der Waals surface area (Å²) in [4.78, 5) is 2.70. The van der Waals surface area contributed by atoms with E-state index in [0.717, 1.165) is 12.8 Å². The van der Waals surface area contributed by atoms with Crippen molar-refractivity contribution >= 4 is 11.3 Å². The number of benzene rings is 2. The molecule has 0 saturated heterocycles. The van der Waals surface area contributed by atoms with Crippen LogP contribution in [0.15, 0.2) is 86.0 Å². The summed E-state index contributed by atoms with van der Waals surface area (Å²) in [5.41, 5.74) is 5.33. The number of thiophene rings is 1. The van der Waals surface area contributed by atoms with Gasteiger partial charge in [0.2, 0.25) is 0 Å².